The van der Waals surface area contributed by atoms with Crippen LogP contribution >= 0.6 is 11.6 Å². The van der Waals surface area contributed by atoms with Crippen LogP contribution in [0.25, 0.3) is 0 Å². The molecular formula is C27H23ClN2O6. The van der Waals surface area contributed by atoms with Crippen molar-refractivity contribution in [3.05, 3.63) is 110 Å². The van der Waals surface area contributed by atoms with E-state index in [1.807, 2.05) is 32.9 Å². The highest BCUT2D eigenvalue weighted by Crippen LogP contribution is 2.33. The molecule has 1 amide bonds. The second kappa shape index (κ2) is 10.5. The average Bonchev–Trinajstić information content (AvgIpc) is 3.31. The maximum Gasteiger partial charge on any atom is 0.291 e. The van der Waals surface area contributed by atoms with Crippen molar-refractivity contribution in [1.29, 1.82) is 0 Å². The molecule has 0 spiro atoms. The minimum Gasteiger partial charge on any atom is -0.484 e. The molecule has 8 nitrogen and oxygen atoms in total. The molecule has 1 aromatic heterocycles. The lowest BCUT2D eigenvalue weighted by Crippen LogP contribution is -2.11. The smallest absolute Gasteiger partial charge is 0.291 e. The molecule has 0 bridgehead atoms. The maximum atomic E-state index is 12.8. The lowest BCUT2D eigenvalue weighted by Gasteiger charge is -2.13. The van der Waals surface area contributed by atoms with Gasteiger partial charge < -0.3 is 19.2 Å². The Morgan fingerprint density at radius 1 is 1.03 bits per heavy atom. The van der Waals surface area contributed by atoms with E-state index in [9.17, 15) is 14.9 Å². The van der Waals surface area contributed by atoms with Crippen LogP contribution in [0.5, 0.6) is 17.2 Å². The van der Waals surface area contributed by atoms with E-state index in [1.165, 1.54) is 24.3 Å². The largest absolute Gasteiger partial charge is 0.484 e. The minimum absolute atomic E-state index is 0.0203. The van der Waals surface area contributed by atoms with Crippen LogP contribution in [-0.2, 0) is 6.61 Å². The van der Waals surface area contributed by atoms with E-state index >= 15 is 0 Å². The number of hydrogen-bond acceptors (Lipinski definition) is 6. The Hall–Kier alpha value is -4.30. The molecule has 0 aliphatic heterocycles. The van der Waals surface area contributed by atoms with E-state index in [2.05, 4.69) is 5.32 Å². The Bertz CT molecular complexity index is 1450. The van der Waals surface area contributed by atoms with Gasteiger partial charge in [-0.25, -0.2) is 0 Å². The topological polar surface area (TPSA) is 104 Å². The minimum atomic E-state index is -0.576. The molecule has 1 N–H and O–H groups in total. The number of hydrogen-bond donors (Lipinski definition) is 1. The van der Waals surface area contributed by atoms with Gasteiger partial charge in [0.2, 0.25) is 0 Å². The van der Waals surface area contributed by atoms with Crippen molar-refractivity contribution in [2.75, 3.05) is 5.32 Å². The number of nitro benzene ring substituents is 1. The highest BCUT2D eigenvalue weighted by molar-refractivity contribution is 6.32. The lowest BCUT2D eigenvalue weighted by atomic mass is 10.1. The fourth-order valence-corrected chi connectivity index (χ4v) is 3.72. The van der Waals surface area contributed by atoms with Crippen LogP contribution in [0.4, 0.5) is 11.4 Å². The second-order valence-electron chi connectivity index (χ2n) is 8.22. The highest BCUT2D eigenvalue weighted by Gasteiger charge is 2.17. The summed E-state index contributed by atoms with van der Waals surface area (Å²) in [5.74, 6) is 1.15. The van der Waals surface area contributed by atoms with Gasteiger partial charge in [-0.05, 0) is 67.8 Å². The van der Waals surface area contributed by atoms with Crippen LogP contribution in [0.15, 0.2) is 71.1 Å². The summed E-state index contributed by atoms with van der Waals surface area (Å²) < 4.78 is 17.2. The Balaban J connectivity index is 1.51. The number of amides is 1. The van der Waals surface area contributed by atoms with Crippen LogP contribution in [0.2, 0.25) is 5.02 Å². The van der Waals surface area contributed by atoms with Gasteiger partial charge >= 0.3 is 0 Å². The molecule has 0 saturated heterocycles. The monoisotopic (exact) mass is 506 g/mol. The van der Waals surface area contributed by atoms with Crippen molar-refractivity contribution in [3.63, 3.8) is 0 Å². The molecule has 0 atom stereocenters. The quantitative estimate of drug-likeness (QED) is 0.197. The zero-order valence-corrected chi connectivity index (χ0v) is 20.6. The zero-order chi connectivity index (χ0) is 25.8. The van der Waals surface area contributed by atoms with Crippen molar-refractivity contribution in [1.82, 2.24) is 0 Å². The summed E-state index contributed by atoms with van der Waals surface area (Å²) in [7, 11) is 0. The summed E-state index contributed by atoms with van der Waals surface area (Å²) in [6.07, 6.45) is 0. The number of aryl methyl sites for hydroxylation is 2. The summed E-state index contributed by atoms with van der Waals surface area (Å²) in [4.78, 5) is 23.7. The van der Waals surface area contributed by atoms with Gasteiger partial charge in [-0.3, -0.25) is 14.9 Å². The van der Waals surface area contributed by atoms with Crippen LogP contribution in [0, 0.1) is 30.9 Å². The number of halogens is 1. The third-order valence-electron chi connectivity index (χ3n) is 5.44. The Morgan fingerprint density at radius 3 is 2.56 bits per heavy atom. The third-order valence-corrected chi connectivity index (χ3v) is 5.76. The maximum absolute atomic E-state index is 12.8. The first-order valence-electron chi connectivity index (χ1n) is 11.0. The van der Waals surface area contributed by atoms with E-state index in [0.717, 1.165) is 16.7 Å². The van der Waals surface area contributed by atoms with Gasteiger partial charge in [-0.1, -0.05) is 29.8 Å². The van der Waals surface area contributed by atoms with Gasteiger partial charge in [-0.15, -0.1) is 0 Å². The Labute approximate surface area is 212 Å². The molecule has 4 rings (SSSR count). The van der Waals surface area contributed by atoms with Gasteiger partial charge in [0.1, 0.15) is 29.6 Å². The number of para-hydroxylation sites is 1. The van der Waals surface area contributed by atoms with Crippen molar-refractivity contribution < 1.29 is 23.6 Å². The number of benzene rings is 3. The molecule has 9 heteroatoms. The summed E-state index contributed by atoms with van der Waals surface area (Å²) in [5.41, 5.74) is 2.92. The van der Waals surface area contributed by atoms with Crippen LogP contribution < -0.4 is 14.8 Å². The fourth-order valence-electron chi connectivity index (χ4n) is 3.53. The molecule has 0 radical (unpaired) electrons. The van der Waals surface area contributed by atoms with Crippen LogP contribution in [0.3, 0.4) is 0 Å². The first-order chi connectivity index (χ1) is 17.2. The van der Waals surface area contributed by atoms with Crippen LogP contribution in [-0.4, -0.2) is 10.8 Å². The number of nitro groups is 1. The van der Waals surface area contributed by atoms with Crippen molar-refractivity contribution in [3.8, 4) is 17.2 Å². The van der Waals surface area contributed by atoms with Crippen molar-refractivity contribution in [2.24, 2.45) is 0 Å². The van der Waals surface area contributed by atoms with Crippen molar-refractivity contribution in [2.45, 2.75) is 27.4 Å². The Morgan fingerprint density at radius 2 is 1.81 bits per heavy atom. The molecule has 0 aliphatic carbocycles. The summed E-state index contributed by atoms with van der Waals surface area (Å²) >= 11 is 6.08. The number of ether oxygens (including phenoxy) is 2. The molecule has 0 fully saturated rings. The van der Waals surface area contributed by atoms with Gasteiger partial charge in [0, 0.05) is 12.1 Å². The second-order valence-corrected chi connectivity index (χ2v) is 8.63. The van der Waals surface area contributed by atoms with Gasteiger partial charge in [0.05, 0.1) is 21.7 Å². The SMILES string of the molecule is Cc1cc(C)c(C)c(Oc2cc(NC(=O)c3ccc(COc4ccccc4Cl)o3)cc([N+](=O)[O-])c2)c1. The number of carbonyl (C=O) groups excluding carboxylic acids is 1. The van der Waals surface area contributed by atoms with Gasteiger partial charge in [0.25, 0.3) is 11.6 Å². The number of nitrogens with zero attached hydrogens (tertiary/aromatic N) is 1. The number of nitrogens with one attached hydrogen (secondary N) is 1. The molecule has 0 aliphatic rings. The fraction of sp³-hybridized carbons (Fsp3) is 0.148. The number of anilines is 1. The summed E-state index contributed by atoms with van der Waals surface area (Å²) in [5, 5.41) is 14.6. The number of rotatable bonds is 8. The normalized spacial score (nSPS) is 10.7. The molecular weight excluding hydrogens is 484 g/mol. The first-order valence-corrected chi connectivity index (χ1v) is 11.4. The Kier molecular flexibility index (Phi) is 7.26. The van der Waals surface area contributed by atoms with E-state index < -0.39 is 10.8 Å². The number of non-ortho nitro benzene ring substituents is 1. The first kappa shape index (κ1) is 24.8. The van der Waals surface area contributed by atoms with E-state index in [-0.39, 0.29) is 29.5 Å². The molecule has 4 aromatic rings. The van der Waals surface area contributed by atoms with Crippen molar-refractivity contribution >= 4 is 28.9 Å². The summed E-state index contributed by atoms with van der Waals surface area (Å²) in [6.45, 7) is 5.88. The van der Waals surface area contributed by atoms with E-state index in [4.69, 9.17) is 25.5 Å². The predicted octanol–water partition coefficient (Wildman–Crippen LogP) is 7.39. The summed E-state index contributed by atoms with van der Waals surface area (Å²) in [6, 6.07) is 18.1. The standard InChI is InChI=1S/C27H23ClN2O6/c1-16-10-17(2)18(3)26(11-16)36-22-13-19(12-20(14-22)30(32)33)29-27(31)25-9-8-21(35-25)15-34-24-7-5-4-6-23(24)28/h4-14H,15H2,1-3H3,(H,29,31). The molecule has 0 saturated carbocycles. The third kappa shape index (κ3) is 5.84. The zero-order valence-electron chi connectivity index (χ0n) is 19.8. The van der Waals surface area contributed by atoms with Gasteiger partial charge in [0.15, 0.2) is 5.76 Å². The molecule has 3 aromatic carbocycles. The van der Waals surface area contributed by atoms with E-state index in [1.54, 1.807) is 30.3 Å². The molecule has 0 unspecified atom stereocenters. The molecule has 36 heavy (non-hydrogen) atoms. The molecule has 1 heterocycles. The number of carbonyl (C=O) groups is 1. The van der Waals surface area contributed by atoms with Gasteiger partial charge in [-0.2, -0.15) is 0 Å². The molecule has 184 valence electrons. The van der Waals surface area contributed by atoms with Crippen LogP contribution in [0.1, 0.15) is 33.0 Å². The highest BCUT2D eigenvalue weighted by atomic mass is 35.5. The predicted molar refractivity (Wildman–Crippen MR) is 136 cm³/mol. The lowest BCUT2D eigenvalue weighted by molar-refractivity contribution is -0.384. The average molecular weight is 507 g/mol. The number of furan rings is 1. The van der Waals surface area contributed by atoms with E-state index in [0.29, 0.717) is 22.3 Å².